The highest BCUT2D eigenvalue weighted by Crippen LogP contribution is 2.13. The maximum absolute atomic E-state index is 6.13. The zero-order valence-electron chi connectivity index (χ0n) is 11.8. The van der Waals surface area contributed by atoms with Gasteiger partial charge in [-0.15, -0.1) is 0 Å². The van der Waals surface area contributed by atoms with E-state index in [0.717, 1.165) is 0 Å². The zero-order chi connectivity index (χ0) is 13.5. The number of benzene rings is 2. The van der Waals surface area contributed by atoms with Gasteiger partial charge in [-0.1, -0.05) is 55.8 Å². The van der Waals surface area contributed by atoms with E-state index in [0.29, 0.717) is 13.2 Å². The van der Waals surface area contributed by atoms with Crippen molar-refractivity contribution in [2.45, 2.75) is 19.4 Å². The Labute approximate surface area is 117 Å². The molecule has 3 heteroatoms. The predicted octanol–water partition coefficient (Wildman–Crippen LogP) is 2.84. The number of rotatable bonds is 7. The molecule has 0 N–H and O–H groups in total. The number of methoxy groups -OCH3 is 1. The molecule has 1 atom stereocenters. The summed E-state index contributed by atoms with van der Waals surface area (Å²) in [6, 6.07) is 16.3. The van der Waals surface area contributed by atoms with E-state index >= 15 is 0 Å². The Balaban J connectivity index is 2.27. The molecule has 0 fully saturated rings. The van der Waals surface area contributed by atoms with Crippen LogP contribution in [0.15, 0.2) is 42.5 Å². The molecule has 0 radical (unpaired) electrons. The second-order valence-corrected chi connectivity index (χ2v) is 7.22. The molecule has 2 aromatic rings. The van der Waals surface area contributed by atoms with Crippen molar-refractivity contribution in [2.24, 2.45) is 0 Å². The van der Waals surface area contributed by atoms with Crippen LogP contribution in [0, 0.1) is 0 Å². The quantitative estimate of drug-likeness (QED) is 0.571. The summed E-state index contributed by atoms with van der Waals surface area (Å²) in [5, 5.41) is 4.09. The summed E-state index contributed by atoms with van der Waals surface area (Å²) >= 11 is 0. The van der Waals surface area contributed by atoms with Crippen LogP contribution in [0.4, 0.5) is 0 Å². The third-order valence-corrected chi connectivity index (χ3v) is 6.26. The van der Waals surface area contributed by atoms with Crippen molar-refractivity contribution in [2.75, 3.05) is 20.3 Å². The van der Waals surface area contributed by atoms with Crippen LogP contribution in [0.5, 0.6) is 0 Å². The van der Waals surface area contributed by atoms with Crippen molar-refractivity contribution in [3.05, 3.63) is 42.5 Å². The van der Waals surface area contributed by atoms with Gasteiger partial charge in [0.1, 0.15) is 0 Å². The van der Waals surface area contributed by atoms with Gasteiger partial charge >= 0.3 is 0 Å². The van der Waals surface area contributed by atoms with Gasteiger partial charge in [-0.25, -0.2) is 0 Å². The van der Waals surface area contributed by atoms with E-state index in [2.05, 4.69) is 49.4 Å². The highest BCUT2D eigenvalue weighted by atomic mass is 28.3. The fraction of sp³-hybridized carbons (Fsp3) is 0.375. The van der Waals surface area contributed by atoms with Gasteiger partial charge in [0.25, 0.3) is 0 Å². The van der Waals surface area contributed by atoms with Crippen LogP contribution in [0.25, 0.3) is 10.8 Å². The summed E-state index contributed by atoms with van der Waals surface area (Å²) in [5.41, 5.74) is 0. The highest BCUT2D eigenvalue weighted by molar-refractivity contribution is 6.70. The van der Waals surface area contributed by atoms with E-state index in [1.807, 2.05) is 0 Å². The van der Waals surface area contributed by atoms with Crippen LogP contribution in [0.1, 0.15) is 13.3 Å². The molecule has 0 saturated carbocycles. The first-order chi connectivity index (χ1) is 9.36. The second kappa shape index (κ2) is 7.43. The number of hydrogen-bond donors (Lipinski definition) is 0. The predicted molar refractivity (Wildman–Crippen MR) is 83.7 cm³/mol. The van der Waals surface area contributed by atoms with Gasteiger partial charge in [0.05, 0.1) is 13.2 Å². The first-order valence-corrected chi connectivity index (χ1v) is 8.81. The summed E-state index contributed by atoms with van der Waals surface area (Å²) < 4.78 is 11.2. The van der Waals surface area contributed by atoms with Crippen molar-refractivity contribution in [3.8, 4) is 0 Å². The van der Waals surface area contributed by atoms with Gasteiger partial charge in [-0.3, -0.25) is 0 Å². The molecule has 0 spiro atoms. The molecule has 0 heterocycles. The van der Waals surface area contributed by atoms with E-state index in [-0.39, 0.29) is 0 Å². The van der Waals surface area contributed by atoms with Crippen LogP contribution in [0.2, 0.25) is 6.04 Å². The molecule has 102 valence electrons. The molecule has 0 saturated heterocycles. The Hall–Kier alpha value is -1.16. The van der Waals surface area contributed by atoms with E-state index in [4.69, 9.17) is 9.16 Å². The summed E-state index contributed by atoms with van der Waals surface area (Å²) in [6.45, 7) is 3.61. The van der Waals surface area contributed by atoms with Gasteiger partial charge < -0.3 is 9.16 Å². The van der Waals surface area contributed by atoms with Gasteiger partial charge in [0.15, 0.2) is 0 Å². The molecule has 0 aromatic heterocycles. The van der Waals surface area contributed by atoms with Gasteiger partial charge in [-0.05, 0) is 22.0 Å². The topological polar surface area (TPSA) is 18.5 Å². The fourth-order valence-electron chi connectivity index (χ4n) is 2.40. The monoisotopic (exact) mass is 274 g/mol. The standard InChI is InChI=1S/C16H22O2Si/c1-3-13-19(18-12-11-17-2)16-10-6-8-14-7-4-5-9-15(14)16/h4-10,19H,3,11-13H2,1-2H3. The first-order valence-electron chi connectivity index (χ1n) is 6.95. The van der Waals surface area contributed by atoms with Crippen molar-refractivity contribution in [1.29, 1.82) is 0 Å². The maximum Gasteiger partial charge on any atom is 0.208 e. The van der Waals surface area contributed by atoms with Crippen molar-refractivity contribution in [3.63, 3.8) is 0 Å². The molecule has 0 aliphatic carbocycles. The smallest absolute Gasteiger partial charge is 0.208 e. The lowest BCUT2D eigenvalue weighted by Gasteiger charge is -2.18. The summed E-state index contributed by atoms with van der Waals surface area (Å²) in [5.74, 6) is 0. The zero-order valence-corrected chi connectivity index (χ0v) is 12.9. The minimum atomic E-state index is -1.35. The average Bonchev–Trinajstić information content (AvgIpc) is 2.46. The van der Waals surface area contributed by atoms with Crippen LogP contribution < -0.4 is 5.19 Å². The van der Waals surface area contributed by atoms with E-state index in [1.165, 1.54) is 28.4 Å². The van der Waals surface area contributed by atoms with Crippen molar-refractivity contribution in [1.82, 2.24) is 0 Å². The maximum atomic E-state index is 6.13. The molecule has 0 aliphatic rings. The fourth-order valence-corrected chi connectivity index (χ4v) is 4.89. The molecule has 1 unspecified atom stereocenters. The highest BCUT2D eigenvalue weighted by Gasteiger charge is 2.16. The largest absolute Gasteiger partial charge is 0.413 e. The number of hydrogen-bond acceptors (Lipinski definition) is 2. The Morgan fingerprint density at radius 3 is 2.58 bits per heavy atom. The third-order valence-electron chi connectivity index (χ3n) is 3.33. The Kier molecular flexibility index (Phi) is 5.57. The molecule has 2 rings (SSSR count). The lowest BCUT2D eigenvalue weighted by atomic mass is 10.1. The van der Waals surface area contributed by atoms with Gasteiger partial charge in [0, 0.05) is 7.11 Å². The summed E-state index contributed by atoms with van der Waals surface area (Å²) in [7, 11) is 0.366. The molecule has 0 bridgehead atoms. The van der Waals surface area contributed by atoms with E-state index < -0.39 is 9.04 Å². The average molecular weight is 274 g/mol. The third kappa shape index (κ3) is 3.66. The Morgan fingerprint density at radius 2 is 1.79 bits per heavy atom. The minimum absolute atomic E-state index is 0.679. The molecule has 0 amide bonds. The van der Waals surface area contributed by atoms with Crippen LogP contribution >= 0.6 is 0 Å². The lowest BCUT2D eigenvalue weighted by molar-refractivity contribution is 0.147. The van der Waals surface area contributed by atoms with Crippen LogP contribution in [0.3, 0.4) is 0 Å². The SMILES string of the molecule is CCC[SiH](OCCOC)c1cccc2ccccc12. The van der Waals surface area contributed by atoms with E-state index in [9.17, 15) is 0 Å². The molecule has 19 heavy (non-hydrogen) atoms. The van der Waals surface area contributed by atoms with Crippen molar-refractivity contribution < 1.29 is 9.16 Å². The number of fused-ring (bicyclic) bond motifs is 1. The van der Waals surface area contributed by atoms with Gasteiger partial charge in [0.2, 0.25) is 9.04 Å². The second-order valence-electron chi connectivity index (χ2n) is 4.71. The Bertz CT molecular complexity index is 508. The Morgan fingerprint density at radius 1 is 1.00 bits per heavy atom. The normalized spacial score (nSPS) is 12.7. The molecule has 2 aromatic carbocycles. The molecule has 2 nitrogen and oxygen atoms in total. The van der Waals surface area contributed by atoms with Crippen molar-refractivity contribution >= 4 is 25.0 Å². The van der Waals surface area contributed by atoms with Gasteiger partial charge in [-0.2, -0.15) is 0 Å². The lowest BCUT2D eigenvalue weighted by Crippen LogP contribution is -2.34. The summed E-state index contributed by atoms with van der Waals surface area (Å²) in [6.07, 6.45) is 1.17. The molecular formula is C16H22O2Si. The minimum Gasteiger partial charge on any atom is -0.413 e. The van der Waals surface area contributed by atoms with Crippen LogP contribution in [-0.4, -0.2) is 29.4 Å². The number of ether oxygens (including phenoxy) is 1. The molecular weight excluding hydrogens is 252 g/mol. The first kappa shape index (κ1) is 14.3. The molecule has 0 aliphatic heterocycles. The van der Waals surface area contributed by atoms with E-state index in [1.54, 1.807) is 7.11 Å². The van der Waals surface area contributed by atoms with Crippen LogP contribution in [-0.2, 0) is 9.16 Å². The summed E-state index contributed by atoms with van der Waals surface area (Å²) in [4.78, 5) is 0.